The Morgan fingerprint density at radius 2 is 1.94 bits per heavy atom. The van der Waals surface area contributed by atoms with Gasteiger partial charge in [0.15, 0.2) is 0 Å². The number of hydrogen-bond donors (Lipinski definition) is 1. The Balaban J connectivity index is 2.19. The first-order valence-electron chi connectivity index (χ1n) is 5.83. The SMILES string of the molecule is Cc1ccccc1C(N)Cc1ccc(F)c(Cl)c1. The number of halogens is 2. The van der Waals surface area contributed by atoms with Crippen LogP contribution < -0.4 is 5.73 Å². The van der Waals surface area contributed by atoms with Crippen LogP contribution in [-0.4, -0.2) is 0 Å². The lowest BCUT2D eigenvalue weighted by molar-refractivity contribution is 0.626. The molecule has 0 aliphatic rings. The fourth-order valence-corrected chi connectivity index (χ4v) is 2.24. The van der Waals surface area contributed by atoms with Crippen LogP contribution in [-0.2, 0) is 6.42 Å². The number of nitrogens with two attached hydrogens (primary N) is 1. The third-order valence-electron chi connectivity index (χ3n) is 3.03. The first-order chi connectivity index (χ1) is 8.58. The summed E-state index contributed by atoms with van der Waals surface area (Å²) in [6.07, 6.45) is 0.644. The van der Waals surface area contributed by atoms with Crippen molar-refractivity contribution in [3.63, 3.8) is 0 Å². The summed E-state index contributed by atoms with van der Waals surface area (Å²) in [5, 5.41) is 0.143. The van der Waals surface area contributed by atoms with Crippen molar-refractivity contribution in [1.29, 1.82) is 0 Å². The minimum Gasteiger partial charge on any atom is -0.324 e. The maximum absolute atomic E-state index is 13.1. The average Bonchev–Trinajstić information content (AvgIpc) is 2.34. The molecule has 0 aliphatic carbocycles. The van der Waals surface area contributed by atoms with Crippen molar-refractivity contribution in [2.45, 2.75) is 19.4 Å². The number of aryl methyl sites for hydroxylation is 1. The quantitative estimate of drug-likeness (QED) is 0.889. The Kier molecular flexibility index (Phi) is 4.00. The second-order valence-electron chi connectivity index (χ2n) is 4.42. The summed E-state index contributed by atoms with van der Waals surface area (Å²) in [6, 6.07) is 12.6. The largest absolute Gasteiger partial charge is 0.324 e. The molecule has 0 saturated carbocycles. The minimum absolute atomic E-state index is 0.104. The van der Waals surface area contributed by atoms with E-state index in [1.54, 1.807) is 12.1 Å². The number of benzene rings is 2. The summed E-state index contributed by atoms with van der Waals surface area (Å²) in [5.41, 5.74) is 9.40. The lowest BCUT2D eigenvalue weighted by atomic mass is 9.96. The smallest absolute Gasteiger partial charge is 0.141 e. The zero-order valence-corrected chi connectivity index (χ0v) is 10.9. The highest BCUT2D eigenvalue weighted by Gasteiger charge is 2.10. The van der Waals surface area contributed by atoms with E-state index in [4.69, 9.17) is 17.3 Å². The van der Waals surface area contributed by atoms with Crippen LogP contribution in [0.25, 0.3) is 0 Å². The van der Waals surface area contributed by atoms with E-state index in [2.05, 4.69) is 0 Å². The van der Waals surface area contributed by atoms with Crippen molar-refractivity contribution in [3.05, 3.63) is 70.0 Å². The Hall–Kier alpha value is -1.38. The van der Waals surface area contributed by atoms with Gasteiger partial charge in [0.2, 0.25) is 0 Å². The molecule has 2 aromatic carbocycles. The van der Waals surface area contributed by atoms with Gasteiger partial charge in [-0.1, -0.05) is 41.9 Å². The summed E-state index contributed by atoms with van der Waals surface area (Å²) in [7, 11) is 0. The highest BCUT2D eigenvalue weighted by molar-refractivity contribution is 6.30. The lowest BCUT2D eigenvalue weighted by Gasteiger charge is -2.15. The van der Waals surface area contributed by atoms with E-state index >= 15 is 0 Å². The van der Waals surface area contributed by atoms with E-state index in [0.29, 0.717) is 6.42 Å². The molecule has 2 rings (SSSR count). The summed E-state index contributed by atoms with van der Waals surface area (Å²) >= 11 is 5.76. The van der Waals surface area contributed by atoms with Crippen LogP contribution in [0.1, 0.15) is 22.7 Å². The minimum atomic E-state index is -0.398. The molecule has 0 radical (unpaired) electrons. The summed E-state index contributed by atoms with van der Waals surface area (Å²) in [6.45, 7) is 2.03. The van der Waals surface area contributed by atoms with E-state index in [1.165, 1.54) is 11.6 Å². The topological polar surface area (TPSA) is 26.0 Å². The molecule has 3 heteroatoms. The third-order valence-corrected chi connectivity index (χ3v) is 3.32. The van der Waals surface area contributed by atoms with Gasteiger partial charge in [-0.15, -0.1) is 0 Å². The molecular formula is C15H15ClFN. The van der Waals surface area contributed by atoms with Crippen molar-refractivity contribution in [2.24, 2.45) is 5.73 Å². The first kappa shape index (κ1) is 13.1. The highest BCUT2D eigenvalue weighted by Crippen LogP contribution is 2.22. The van der Waals surface area contributed by atoms with Crippen molar-refractivity contribution < 1.29 is 4.39 Å². The normalized spacial score (nSPS) is 12.4. The zero-order valence-electron chi connectivity index (χ0n) is 10.2. The Labute approximate surface area is 111 Å². The molecule has 0 spiro atoms. The highest BCUT2D eigenvalue weighted by atomic mass is 35.5. The molecule has 0 fully saturated rings. The van der Waals surface area contributed by atoms with Gasteiger partial charge in [0, 0.05) is 6.04 Å². The molecule has 0 aromatic heterocycles. The summed E-state index contributed by atoms with van der Waals surface area (Å²) < 4.78 is 13.1. The Morgan fingerprint density at radius 3 is 2.61 bits per heavy atom. The van der Waals surface area contributed by atoms with Gasteiger partial charge in [-0.3, -0.25) is 0 Å². The van der Waals surface area contributed by atoms with E-state index in [-0.39, 0.29) is 11.1 Å². The summed E-state index contributed by atoms with van der Waals surface area (Å²) in [4.78, 5) is 0. The Morgan fingerprint density at radius 1 is 1.22 bits per heavy atom. The van der Waals surface area contributed by atoms with Gasteiger partial charge in [0.1, 0.15) is 5.82 Å². The second kappa shape index (κ2) is 5.51. The molecule has 18 heavy (non-hydrogen) atoms. The fraction of sp³-hybridized carbons (Fsp3) is 0.200. The van der Waals surface area contributed by atoms with Crippen molar-refractivity contribution in [2.75, 3.05) is 0 Å². The van der Waals surface area contributed by atoms with Crippen LogP contribution in [0.5, 0.6) is 0 Å². The Bertz CT molecular complexity index is 554. The van der Waals surface area contributed by atoms with E-state index in [1.807, 2.05) is 31.2 Å². The van der Waals surface area contributed by atoms with E-state index in [0.717, 1.165) is 11.1 Å². The van der Waals surface area contributed by atoms with Crippen LogP contribution in [0.2, 0.25) is 5.02 Å². The van der Waals surface area contributed by atoms with Crippen LogP contribution in [0, 0.1) is 12.7 Å². The second-order valence-corrected chi connectivity index (χ2v) is 4.82. The van der Waals surface area contributed by atoms with Crippen molar-refractivity contribution in [1.82, 2.24) is 0 Å². The monoisotopic (exact) mass is 263 g/mol. The molecule has 0 saturated heterocycles. The molecule has 1 unspecified atom stereocenters. The standard InChI is InChI=1S/C15H15ClFN/c1-10-4-2-3-5-12(10)15(18)9-11-6-7-14(17)13(16)8-11/h2-8,15H,9,18H2,1H3. The number of hydrogen-bond acceptors (Lipinski definition) is 1. The van der Waals surface area contributed by atoms with Crippen molar-refractivity contribution >= 4 is 11.6 Å². The van der Waals surface area contributed by atoms with Gasteiger partial charge < -0.3 is 5.73 Å². The molecule has 1 nitrogen and oxygen atoms in total. The molecule has 2 aromatic rings. The molecule has 0 bridgehead atoms. The summed E-state index contributed by atoms with van der Waals surface area (Å²) in [5.74, 6) is -0.398. The van der Waals surface area contributed by atoms with Crippen LogP contribution in [0.15, 0.2) is 42.5 Å². The van der Waals surface area contributed by atoms with Gasteiger partial charge in [-0.2, -0.15) is 0 Å². The van der Waals surface area contributed by atoms with Gasteiger partial charge in [-0.05, 0) is 42.2 Å². The van der Waals surface area contributed by atoms with Crippen LogP contribution in [0.3, 0.4) is 0 Å². The van der Waals surface area contributed by atoms with Gasteiger partial charge >= 0.3 is 0 Å². The predicted molar refractivity (Wildman–Crippen MR) is 73.2 cm³/mol. The molecule has 94 valence electrons. The molecule has 1 atom stereocenters. The third kappa shape index (κ3) is 2.89. The molecule has 0 amide bonds. The first-order valence-corrected chi connectivity index (χ1v) is 6.21. The number of rotatable bonds is 3. The fourth-order valence-electron chi connectivity index (χ4n) is 2.03. The van der Waals surface area contributed by atoms with Gasteiger partial charge in [0.05, 0.1) is 5.02 Å². The lowest BCUT2D eigenvalue weighted by Crippen LogP contribution is -2.14. The van der Waals surface area contributed by atoms with Gasteiger partial charge in [-0.25, -0.2) is 4.39 Å². The van der Waals surface area contributed by atoms with Crippen LogP contribution >= 0.6 is 11.6 Å². The maximum atomic E-state index is 13.1. The zero-order chi connectivity index (χ0) is 13.1. The molecule has 0 heterocycles. The predicted octanol–water partition coefficient (Wildman–Crippen LogP) is 4.03. The molecular weight excluding hydrogens is 249 g/mol. The van der Waals surface area contributed by atoms with Gasteiger partial charge in [0.25, 0.3) is 0 Å². The van der Waals surface area contributed by atoms with Crippen LogP contribution in [0.4, 0.5) is 4.39 Å². The maximum Gasteiger partial charge on any atom is 0.141 e. The van der Waals surface area contributed by atoms with E-state index in [9.17, 15) is 4.39 Å². The van der Waals surface area contributed by atoms with Crippen molar-refractivity contribution in [3.8, 4) is 0 Å². The average molecular weight is 264 g/mol. The van der Waals surface area contributed by atoms with E-state index < -0.39 is 5.82 Å². The molecule has 2 N–H and O–H groups in total. The molecule has 0 aliphatic heterocycles.